The third-order valence-corrected chi connectivity index (χ3v) is 4.79. The molecule has 0 saturated carbocycles. The van der Waals surface area contributed by atoms with Gasteiger partial charge >= 0.3 is 0 Å². The highest BCUT2D eigenvalue weighted by atomic mass is 35.5. The molecule has 1 aromatic heterocycles. The van der Waals surface area contributed by atoms with Crippen LogP contribution < -0.4 is 15.4 Å². The quantitative estimate of drug-likeness (QED) is 0.796. The van der Waals surface area contributed by atoms with Crippen molar-refractivity contribution in [2.45, 2.75) is 44.9 Å². The van der Waals surface area contributed by atoms with E-state index >= 15 is 0 Å². The Morgan fingerprint density at radius 2 is 1.96 bits per heavy atom. The van der Waals surface area contributed by atoms with E-state index in [-0.39, 0.29) is 30.3 Å². The number of rotatable bonds is 5. The molecule has 3 rings (SSSR count). The Labute approximate surface area is 172 Å². The predicted molar refractivity (Wildman–Crippen MR) is 112 cm³/mol. The molecule has 0 unspecified atom stereocenters. The van der Waals surface area contributed by atoms with Gasteiger partial charge in [-0.2, -0.15) is 10.1 Å². The molecule has 7 nitrogen and oxygen atoms in total. The second-order valence-corrected chi connectivity index (χ2v) is 8.02. The summed E-state index contributed by atoms with van der Waals surface area (Å²) in [5.41, 5.74) is 1.02. The van der Waals surface area contributed by atoms with Gasteiger partial charge in [-0.15, -0.1) is 12.4 Å². The third kappa shape index (κ3) is 5.45. The molecule has 0 radical (unpaired) electrons. The van der Waals surface area contributed by atoms with Crippen molar-refractivity contribution in [2.75, 3.05) is 25.0 Å². The molecule has 0 bridgehead atoms. The molecular formula is C20H30ClN5O2. The molecule has 1 aliphatic rings. The van der Waals surface area contributed by atoms with Gasteiger partial charge < -0.3 is 10.1 Å². The first-order valence-corrected chi connectivity index (χ1v) is 9.48. The molecule has 0 atom stereocenters. The van der Waals surface area contributed by atoms with Crippen LogP contribution >= 0.6 is 12.4 Å². The Morgan fingerprint density at radius 3 is 2.64 bits per heavy atom. The second-order valence-electron chi connectivity index (χ2n) is 8.02. The van der Waals surface area contributed by atoms with Crippen LogP contribution in [-0.4, -0.2) is 40.4 Å². The summed E-state index contributed by atoms with van der Waals surface area (Å²) in [6.45, 7) is 8.26. The molecule has 8 heteroatoms. The van der Waals surface area contributed by atoms with Gasteiger partial charge in [0.15, 0.2) is 12.4 Å². The van der Waals surface area contributed by atoms with Gasteiger partial charge in [0.05, 0.1) is 0 Å². The van der Waals surface area contributed by atoms with Crippen LogP contribution in [0.15, 0.2) is 24.3 Å². The molecule has 28 heavy (non-hydrogen) atoms. The number of hydrogen-bond acceptors (Lipinski definition) is 5. The number of aryl methyl sites for hydroxylation is 1. The average Bonchev–Trinajstić information content (AvgIpc) is 3.01. The summed E-state index contributed by atoms with van der Waals surface area (Å²) < 4.78 is 7.41. The number of carbonyl (C=O) groups is 1. The molecule has 2 aromatic rings. The number of hydrogen-bond donors (Lipinski definition) is 2. The van der Waals surface area contributed by atoms with Crippen LogP contribution in [-0.2, 0) is 17.3 Å². The van der Waals surface area contributed by atoms with Crippen molar-refractivity contribution in [2.24, 2.45) is 7.05 Å². The first kappa shape index (κ1) is 22.2. The summed E-state index contributed by atoms with van der Waals surface area (Å²) in [5.74, 6) is 2.09. The largest absolute Gasteiger partial charge is 0.483 e. The van der Waals surface area contributed by atoms with E-state index in [0.29, 0.717) is 11.9 Å². The molecule has 0 spiro atoms. The zero-order chi connectivity index (χ0) is 19.4. The number of piperidine rings is 1. The van der Waals surface area contributed by atoms with E-state index in [0.717, 1.165) is 43.1 Å². The number of nitrogens with one attached hydrogen (secondary N) is 2. The topological polar surface area (TPSA) is 81.1 Å². The number of anilines is 1. The molecule has 1 aromatic carbocycles. The lowest BCUT2D eigenvalue weighted by atomic mass is 9.86. The van der Waals surface area contributed by atoms with Crippen LogP contribution in [0, 0.1) is 0 Å². The van der Waals surface area contributed by atoms with Crippen LogP contribution in [0.25, 0.3) is 0 Å². The van der Waals surface area contributed by atoms with Crippen LogP contribution in [0.2, 0.25) is 0 Å². The molecule has 2 heterocycles. The summed E-state index contributed by atoms with van der Waals surface area (Å²) in [7, 11) is 1.79. The van der Waals surface area contributed by atoms with Crippen molar-refractivity contribution in [1.29, 1.82) is 0 Å². The molecule has 0 aliphatic carbocycles. The van der Waals surface area contributed by atoms with Gasteiger partial charge in [-0.3, -0.25) is 10.1 Å². The van der Waals surface area contributed by atoms with Crippen molar-refractivity contribution >= 4 is 24.3 Å². The Balaban J connectivity index is 0.00000280. The molecule has 1 fully saturated rings. The van der Waals surface area contributed by atoms with E-state index in [1.165, 1.54) is 0 Å². The summed E-state index contributed by atoms with van der Waals surface area (Å²) in [5, 5.41) is 10.6. The van der Waals surface area contributed by atoms with Crippen molar-refractivity contribution < 1.29 is 9.53 Å². The average molecular weight is 408 g/mol. The van der Waals surface area contributed by atoms with Gasteiger partial charge in [-0.05, 0) is 43.0 Å². The number of halogens is 1. The first-order valence-electron chi connectivity index (χ1n) is 9.48. The minimum absolute atomic E-state index is 0. The van der Waals surface area contributed by atoms with E-state index in [2.05, 4.69) is 41.5 Å². The number of ether oxygens (including phenoxy) is 1. The maximum Gasteiger partial charge on any atom is 0.264 e. The SMILES string of the molecule is Cl.Cn1nc(C2CCNCC2)nc1NC(=O)COc1ccccc1C(C)(C)C. The van der Waals surface area contributed by atoms with Gasteiger partial charge in [0.2, 0.25) is 5.95 Å². The maximum absolute atomic E-state index is 12.4. The summed E-state index contributed by atoms with van der Waals surface area (Å²) in [6, 6.07) is 7.82. The van der Waals surface area contributed by atoms with E-state index in [4.69, 9.17) is 4.74 Å². The lowest BCUT2D eigenvalue weighted by molar-refractivity contribution is -0.118. The highest BCUT2D eigenvalue weighted by Gasteiger charge is 2.22. The molecule has 154 valence electrons. The fourth-order valence-electron chi connectivity index (χ4n) is 3.28. The Kier molecular flexibility index (Phi) is 7.43. The summed E-state index contributed by atoms with van der Waals surface area (Å²) >= 11 is 0. The Hall–Kier alpha value is -2.12. The number of nitrogens with zero attached hydrogens (tertiary/aromatic N) is 3. The fourth-order valence-corrected chi connectivity index (χ4v) is 3.28. The number of carbonyl (C=O) groups excluding carboxylic acids is 1. The van der Waals surface area contributed by atoms with Crippen molar-refractivity contribution in [3.63, 3.8) is 0 Å². The van der Waals surface area contributed by atoms with Crippen LogP contribution in [0.4, 0.5) is 5.95 Å². The normalized spacial score (nSPS) is 15.0. The molecule has 1 aliphatic heterocycles. The number of benzene rings is 1. The fraction of sp³-hybridized carbons (Fsp3) is 0.550. The lowest BCUT2D eigenvalue weighted by Crippen LogP contribution is -2.27. The Bertz CT molecular complexity index is 794. The zero-order valence-electron chi connectivity index (χ0n) is 17.0. The minimum atomic E-state index is -0.244. The maximum atomic E-state index is 12.4. The van der Waals surface area contributed by atoms with Gasteiger partial charge in [0, 0.05) is 13.0 Å². The monoisotopic (exact) mass is 407 g/mol. The number of amides is 1. The minimum Gasteiger partial charge on any atom is -0.483 e. The van der Waals surface area contributed by atoms with Crippen LogP contribution in [0.3, 0.4) is 0 Å². The van der Waals surface area contributed by atoms with Gasteiger partial charge in [0.25, 0.3) is 5.91 Å². The second kappa shape index (κ2) is 9.39. The van der Waals surface area contributed by atoms with Gasteiger partial charge in [-0.25, -0.2) is 4.68 Å². The standard InChI is InChI=1S/C20H29N5O2.ClH/c1-20(2,3)15-7-5-6-8-16(15)27-13-17(26)22-19-23-18(24-25(19)4)14-9-11-21-12-10-14;/h5-8,14,21H,9-13H2,1-4H3,(H,22,23,24,26);1H. The third-order valence-electron chi connectivity index (χ3n) is 4.79. The van der Waals surface area contributed by atoms with Crippen molar-refractivity contribution in [3.05, 3.63) is 35.7 Å². The molecule has 1 amide bonds. The van der Waals surface area contributed by atoms with Crippen molar-refractivity contribution in [1.82, 2.24) is 20.1 Å². The smallest absolute Gasteiger partial charge is 0.264 e. The first-order chi connectivity index (χ1) is 12.8. The van der Waals surface area contributed by atoms with Crippen molar-refractivity contribution in [3.8, 4) is 5.75 Å². The highest BCUT2D eigenvalue weighted by molar-refractivity contribution is 5.90. The zero-order valence-corrected chi connectivity index (χ0v) is 17.8. The van der Waals surface area contributed by atoms with Crippen LogP contribution in [0.1, 0.15) is 50.9 Å². The van der Waals surface area contributed by atoms with Gasteiger partial charge in [-0.1, -0.05) is 39.0 Å². The van der Waals surface area contributed by atoms with E-state index < -0.39 is 0 Å². The molecule has 1 saturated heterocycles. The predicted octanol–water partition coefficient (Wildman–Crippen LogP) is 3.02. The lowest BCUT2D eigenvalue weighted by Gasteiger charge is -2.22. The summed E-state index contributed by atoms with van der Waals surface area (Å²) in [6.07, 6.45) is 2.04. The van der Waals surface area contributed by atoms with E-state index in [9.17, 15) is 4.79 Å². The summed E-state index contributed by atoms with van der Waals surface area (Å²) in [4.78, 5) is 16.9. The molecular weight excluding hydrogens is 378 g/mol. The number of aromatic nitrogens is 3. The highest BCUT2D eigenvalue weighted by Crippen LogP contribution is 2.31. The number of para-hydroxylation sites is 1. The van der Waals surface area contributed by atoms with E-state index in [1.54, 1.807) is 11.7 Å². The van der Waals surface area contributed by atoms with Gasteiger partial charge in [0.1, 0.15) is 5.75 Å². The van der Waals surface area contributed by atoms with E-state index in [1.807, 2.05) is 24.3 Å². The molecule has 2 N–H and O–H groups in total. The Morgan fingerprint density at radius 1 is 1.29 bits per heavy atom. The van der Waals surface area contributed by atoms with Crippen LogP contribution in [0.5, 0.6) is 5.75 Å².